The van der Waals surface area contributed by atoms with Gasteiger partial charge in [0, 0.05) is 35.5 Å². The second-order valence-electron chi connectivity index (χ2n) is 5.51. The van der Waals surface area contributed by atoms with Crippen LogP contribution in [-0.2, 0) is 6.61 Å². The van der Waals surface area contributed by atoms with E-state index in [-0.39, 0.29) is 6.61 Å². The zero-order valence-electron chi connectivity index (χ0n) is 12.9. The number of fused-ring (bicyclic) bond motifs is 1. The Labute approximate surface area is 139 Å². The normalized spacial score (nSPS) is 10.9. The van der Waals surface area contributed by atoms with Crippen LogP contribution in [0.1, 0.15) is 5.56 Å². The van der Waals surface area contributed by atoms with Crippen molar-refractivity contribution >= 4 is 17.2 Å². The van der Waals surface area contributed by atoms with Crippen LogP contribution in [-0.4, -0.2) is 19.5 Å². The van der Waals surface area contributed by atoms with E-state index in [2.05, 4.69) is 15.3 Å². The third-order valence-corrected chi connectivity index (χ3v) is 3.81. The Bertz CT molecular complexity index is 943. The summed E-state index contributed by atoms with van der Waals surface area (Å²) in [7, 11) is 0. The zero-order valence-corrected chi connectivity index (χ0v) is 12.9. The van der Waals surface area contributed by atoms with Crippen molar-refractivity contribution in [3.63, 3.8) is 0 Å². The summed E-state index contributed by atoms with van der Waals surface area (Å²) in [5.74, 6) is 0.690. The van der Waals surface area contributed by atoms with Crippen molar-refractivity contribution in [3.05, 3.63) is 78.8 Å². The van der Waals surface area contributed by atoms with Crippen molar-refractivity contribution < 1.29 is 5.11 Å². The van der Waals surface area contributed by atoms with Crippen LogP contribution in [0.3, 0.4) is 0 Å². The van der Waals surface area contributed by atoms with Crippen LogP contribution < -0.4 is 5.32 Å². The molecule has 2 aromatic heterocycles. The smallest absolute Gasteiger partial charge is 0.234 e. The first-order valence-electron chi connectivity index (χ1n) is 7.69. The minimum absolute atomic E-state index is 0.0381. The quantitative estimate of drug-likeness (QED) is 0.603. The maximum absolute atomic E-state index is 9.21. The summed E-state index contributed by atoms with van der Waals surface area (Å²) in [6.45, 7) is 0.0381. The minimum atomic E-state index is 0.0381. The molecular weight excluding hydrogens is 300 g/mol. The van der Waals surface area contributed by atoms with Gasteiger partial charge in [-0.05, 0) is 35.9 Å². The first kappa shape index (κ1) is 14.4. The topological polar surface area (TPSA) is 62.5 Å². The predicted molar refractivity (Wildman–Crippen MR) is 94.1 cm³/mol. The van der Waals surface area contributed by atoms with Crippen molar-refractivity contribution in [2.24, 2.45) is 0 Å². The Morgan fingerprint density at radius 1 is 1.00 bits per heavy atom. The monoisotopic (exact) mass is 316 g/mol. The highest BCUT2D eigenvalue weighted by Gasteiger charge is 2.05. The summed E-state index contributed by atoms with van der Waals surface area (Å²) in [6.07, 6.45) is 5.64. The van der Waals surface area contributed by atoms with Gasteiger partial charge < -0.3 is 10.4 Å². The Kier molecular flexibility index (Phi) is 3.69. The number of nitrogens with zero attached hydrogens (tertiary/aromatic N) is 3. The number of hydrogen-bond acceptors (Lipinski definition) is 4. The van der Waals surface area contributed by atoms with Gasteiger partial charge in [-0.25, -0.2) is 9.97 Å². The lowest BCUT2D eigenvalue weighted by Gasteiger charge is -2.08. The van der Waals surface area contributed by atoms with E-state index in [1.807, 2.05) is 71.4 Å². The second kappa shape index (κ2) is 6.14. The summed E-state index contributed by atoms with van der Waals surface area (Å²) in [6, 6.07) is 17.7. The third-order valence-electron chi connectivity index (χ3n) is 3.81. The van der Waals surface area contributed by atoms with Crippen LogP contribution in [0.4, 0.5) is 11.4 Å². The van der Waals surface area contributed by atoms with E-state index in [4.69, 9.17) is 0 Å². The van der Waals surface area contributed by atoms with Gasteiger partial charge in [-0.1, -0.05) is 24.3 Å². The molecule has 5 nitrogen and oxygen atoms in total. The van der Waals surface area contributed by atoms with E-state index in [1.54, 1.807) is 6.20 Å². The van der Waals surface area contributed by atoms with E-state index < -0.39 is 0 Å². The molecule has 0 aliphatic rings. The number of aliphatic hydroxyl groups is 1. The molecule has 0 atom stereocenters. The molecule has 0 aliphatic heterocycles. The molecule has 0 spiro atoms. The molecule has 4 rings (SSSR count). The van der Waals surface area contributed by atoms with Gasteiger partial charge in [-0.3, -0.25) is 4.40 Å². The number of rotatable bonds is 4. The first-order chi connectivity index (χ1) is 11.8. The fourth-order valence-corrected chi connectivity index (χ4v) is 2.61. The van der Waals surface area contributed by atoms with Gasteiger partial charge in [-0.15, -0.1) is 0 Å². The lowest BCUT2D eigenvalue weighted by Crippen LogP contribution is -1.92. The average Bonchev–Trinajstić information content (AvgIpc) is 3.06. The number of aliphatic hydroxyl groups excluding tert-OH is 1. The van der Waals surface area contributed by atoms with Crippen molar-refractivity contribution in [3.8, 4) is 11.3 Å². The van der Waals surface area contributed by atoms with E-state index in [0.717, 1.165) is 28.2 Å². The lowest BCUT2D eigenvalue weighted by molar-refractivity contribution is 0.282. The fraction of sp³-hybridized carbons (Fsp3) is 0.0526. The molecule has 0 radical (unpaired) electrons. The third kappa shape index (κ3) is 2.85. The van der Waals surface area contributed by atoms with Crippen LogP contribution in [0.25, 0.3) is 17.0 Å². The molecule has 2 aromatic carbocycles. The van der Waals surface area contributed by atoms with Gasteiger partial charge in [0.05, 0.1) is 12.3 Å². The largest absolute Gasteiger partial charge is 0.392 e. The fourth-order valence-electron chi connectivity index (χ4n) is 2.61. The van der Waals surface area contributed by atoms with Gasteiger partial charge in [0.1, 0.15) is 0 Å². The molecular formula is C19H16N4O. The molecule has 5 heteroatoms. The molecule has 0 saturated carbocycles. The first-order valence-corrected chi connectivity index (χ1v) is 7.69. The Morgan fingerprint density at radius 3 is 2.67 bits per heavy atom. The standard InChI is InChI=1S/C19H16N4O/c24-13-14-3-1-4-17(11-14)21-16-7-5-15(6-8-16)18-12-23-10-2-9-20-19(23)22-18/h1-12,21,24H,13H2. The molecule has 0 bridgehead atoms. The Balaban J connectivity index is 1.57. The summed E-state index contributed by atoms with van der Waals surface area (Å²) in [5, 5.41) is 12.5. The van der Waals surface area contributed by atoms with Gasteiger partial charge in [0.25, 0.3) is 0 Å². The van der Waals surface area contributed by atoms with Crippen molar-refractivity contribution in [1.82, 2.24) is 14.4 Å². The lowest BCUT2D eigenvalue weighted by atomic mass is 10.1. The van der Waals surface area contributed by atoms with Crippen LogP contribution in [0.15, 0.2) is 73.2 Å². The van der Waals surface area contributed by atoms with E-state index in [1.165, 1.54) is 0 Å². The SMILES string of the molecule is OCc1cccc(Nc2ccc(-c3cn4cccnc4n3)cc2)c1. The highest BCUT2D eigenvalue weighted by Crippen LogP contribution is 2.23. The molecule has 0 aliphatic carbocycles. The average molecular weight is 316 g/mol. The molecule has 0 saturated heterocycles. The summed E-state index contributed by atoms with van der Waals surface area (Å²) in [5.41, 5.74) is 4.74. The van der Waals surface area contributed by atoms with Crippen LogP contribution in [0.2, 0.25) is 0 Å². The van der Waals surface area contributed by atoms with Crippen LogP contribution in [0.5, 0.6) is 0 Å². The Morgan fingerprint density at radius 2 is 1.88 bits per heavy atom. The van der Waals surface area contributed by atoms with Crippen molar-refractivity contribution in [1.29, 1.82) is 0 Å². The highest BCUT2D eigenvalue weighted by atomic mass is 16.3. The van der Waals surface area contributed by atoms with Gasteiger partial charge in [0.2, 0.25) is 5.78 Å². The number of anilines is 2. The van der Waals surface area contributed by atoms with Crippen molar-refractivity contribution in [2.45, 2.75) is 6.61 Å². The van der Waals surface area contributed by atoms with Gasteiger partial charge in [0.15, 0.2) is 0 Å². The van der Waals surface area contributed by atoms with Crippen LogP contribution in [0, 0.1) is 0 Å². The van der Waals surface area contributed by atoms with Gasteiger partial charge in [-0.2, -0.15) is 0 Å². The summed E-state index contributed by atoms with van der Waals surface area (Å²) >= 11 is 0. The number of imidazole rings is 1. The number of benzene rings is 2. The maximum atomic E-state index is 9.21. The molecule has 0 amide bonds. The van der Waals surface area contributed by atoms with Crippen LogP contribution >= 0.6 is 0 Å². The minimum Gasteiger partial charge on any atom is -0.392 e. The van der Waals surface area contributed by atoms with E-state index in [9.17, 15) is 5.11 Å². The van der Waals surface area contributed by atoms with E-state index >= 15 is 0 Å². The molecule has 118 valence electrons. The zero-order chi connectivity index (χ0) is 16.4. The Hall–Kier alpha value is -3.18. The summed E-state index contributed by atoms with van der Waals surface area (Å²) < 4.78 is 1.90. The molecule has 0 unspecified atom stereocenters. The van der Waals surface area contributed by atoms with Gasteiger partial charge >= 0.3 is 0 Å². The summed E-state index contributed by atoms with van der Waals surface area (Å²) in [4.78, 5) is 8.76. The van der Waals surface area contributed by atoms with E-state index in [0.29, 0.717) is 5.78 Å². The predicted octanol–water partition coefficient (Wildman–Crippen LogP) is 3.63. The number of aromatic nitrogens is 3. The second-order valence-corrected chi connectivity index (χ2v) is 5.51. The molecule has 4 aromatic rings. The molecule has 24 heavy (non-hydrogen) atoms. The molecule has 0 fully saturated rings. The number of nitrogens with one attached hydrogen (secondary N) is 1. The number of hydrogen-bond donors (Lipinski definition) is 2. The highest BCUT2D eigenvalue weighted by molar-refractivity contribution is 5.67. The van der Waals surface area contributed by atoms with Crippen molar-refractivity contribution in [2.75, 3.05) is 5.32 Å². The molecule has 2 N–H and O–H groups in total. The molecule has 2 heterocycles. The maximum Gasteiger partial charge on any atom is 0.234 e.